The van der Waals surface area contributed by atoms with Crippen molar-refractivity contribution in [1.29, 1.82) is 0 Å². The summed E-state index contributed by atoms with van der Waals surface area (Å²) in [5.41, 5.74) is -0.229. The number of aliphatic carboxylic acids is 1. The Balaban J connectivity index is 1.83. The molecule has 2 aliphatic heterocycles. The van der Waals surface area contributed by atoms with Crippen molar-refractivity contribution in [2.75, 3.05) is 23.0 Å². The number of amides is 2. The number of aromatic amines is 1. The van der Waals surface area contributed by atoms with E-state index in [9.17, 15) is 32.5 Å². The van der Waals surface area contributed by atoms with E-state index in [0.29, 0.717) is 0 Å². The van der Waals surface area contributed by atoms with Crippen LogP contribution in [0.5, 0.6) is 0 Å². The van der Waals surface area contributed by atoms with Crippen molar-refractivity contribution in [3.63, 3.8) is 0 Å². The number of rotatable bonds is 11. The van der Waals surface area contributed by atoms with Gasteiger partial charge in [-0.25, -0.2) is 9.89 Å². The molecule has 2 aliphatic rings. The molecule has 0 spiro atoms. The predicted octanol–water partition coefficient (Wildman–Crippen LogP) is -0.570. The van der Waals surface area contributed by atoms with Gasteiger partial charge in [0.1, 0.15) is 17.1 Å². The number of carbonyl (C=O) groups is 3. The van der Waals surface area contributed by atoms with E-state index in [4.69, 9.17) is 0 Å². The number of thioether (sulfide) groups is 3. The maximum absolute atomic E-state index is 12.7. The van der Waals surface area contributed by atoms with Crippen molar-refractivity contribution in [2.24, 2.45) is 0 Å². The van der Waals surface area contributed by atoms with E-state index in [-0.39, 0.29) is 33.8 Å². The summed E-state index contributed by atoms with van der Waals surface area (Å²) >= 11 is 3.46. The van der Waals surface area contributed by atoms with Gasteiger partial charge in [-0.1, -0.05) is 18.7 Å². The Hall–Kier alpha value is -1.82. The Labute approximate surface area is 195 Å². The van der Waals surface area contributed by atoms with Crippen LogP contribution in [0, 0.1) is 0 Å². The summed E-state index contributed by atoms with van der Waals surface area (Å²) in [6.45, 7) is 1.99. The normalized spacial score (nSPS) is 21.7. The molecule has 1 aromatic heterocycles. The molecule has 1 saturated heterocycles. The van der Waals surface area contributed by atoms with E-state index in [1.54, 1.807) is 0 Å². The number of carboxylic acids is 1. The molecule has 2 amide bonds. The zero-order chi connectivity index (χ0) is 23.5. The molecule has 0 bridgehead atoms. The van der Waals surface area contributed by atoms with Crippen molar-refractivity contribution in [3.8, 4) is 0 Å². The molecular weight excluding hydrogens is 504 g/mol. The van der Waals surface area contributed by atoms with Gasteiger partial charge in [0.15, 0.2) is 0 Å². The number of hydrogen-bond acceptors (Lipinski definition) is 11. The molecule has 1 fully saturated rings. The van der Waals surface area contributed by atoms with Crippen LogP contribution in [-0.2, 0) is 24.5 Å². The third kappa shape index (κ3) is 5.75. The monoisotopic (exact) mass is 524 g/mol. The van der Waals surface area contributed by atoms with Gasteiger partial charge < -0.3 is 10.4 Å². The molecule has 3 atom stereocenters. The lowest BCUT2D eigenvalue weighted by Gasteiger charge is -2.50. The van der Waals surface area contributed by atoms with Gasteiger partial charge in [-0.15, -0.1) is 16.9 Å². The zero-order valence-corrected chi connectivity index (χ0v) is 19.9. The highest BCUT2D eigenvalue weighted by atomic mass is 32.2. The Bertz CT molecular complexity index is 1020. The van der Waals surface area contributed by atoms with Gasteiger partial charge in [0.25, 0.3) is 16.0 Å². The van der Waals surface area contributed by atoms with Gasteiger partial charge in [0.2, 0.25) is 11.1 Å². The van der Waals surface area contributed by atoms with Crippen LogP contribution >= 0.6 is 35.3 Å². The predicted molar refractivity (Wildman–Crippen MR) is 118 cm³/mol. The summed E-state index contributed by atoms with van der Waals surface area (Å²) in [5.74, 6) is -2.05. The smallest absolute Gasteiger partial charge is 0.352 e. The number of aromatic nitrogens is 4. The van der Waals surface area contributed by atoms with Crippen LogP contribution in [-0.4, -0.2) is 101 Å². The number of fused-ring (bicyclic) bond motifs is 1. The number of carboxylic acid groups (broad SMARTS) is 1. The van der Waals surface area contributed by atoms with E-state index in [2.05, 4.69) is 25.9 Å². The van der Waals surface area contributed by atoms with Gasteiger partial charge in [-0.05, 0) is 28.2 Å². The van der Waals surface area contributed by atoms with Crippen molar-refractivity contribution in [3.05, 3.63) is 11.3 Å². The molecule has 0 saturated carbocycles. The highest BCUT2D eigenvalue weighted by Gasteiger charge is 2.55. The molecule has 3 rings (SSSR count). The van der Waals surface area contributed by atoms with Gasteiger partial charge in [0.05, 0.1) is 16.8 Å². The highest BCUT2D eigenvalue weighted by Crippen LogP contribution is 2.43. The number of H-pyrrole nitrogens is 1. The molecule has 13 nitrogen and oxygen atoms in total. The molecule has 4 N–H and O–H groups in total. The lowest BCUT2D eigenvalue weighted by molar-refractivity contribution is -0.150. The van der Waals surface area contributed by atoms with Crippen molar-refractivity contribution >= 4 is 63.2 Å². The molecule has 32 heavy (non-hydrogen) atoms. The van der Waals surface area contributed by atoms with Crippen molar-refractivity contribution in [2.45, 2.75) is 35.2 Å². The number of β-lactam (4-membered cyclic amide) rings is 1. The Morgan fingerprint density at radius 2 is 2.19 bits per heavy atom. The average molecular weight is 525 g/mol. The van der Waals surface area contributed by atoms with Crippen LogP contribution in [0.25, 0.3) is 0 Å². The lowest BCUT2D eigenvalue weighted by atomic mass is 10.0. The fraction of sp³-hybridized carbons (Fsp3) is 0.600. The second-order valence-electron chi connectivity index (χ2n) is 6.75. The van der Waals surface area contributed by atoms with E-state index in [1.807, 2.05) is 6.92 Å². The van der Waals surface area contributed by atoms with Crippen LogP contribution < -0.4 is 5.32 Å². The Morgan fingerprint density at radius 1 is 1.44 bits per heavy atom. The first kappa shape index (κ1) is 24.8. The summed E-state index contributed by atoms with van der Waals surface area (Å²) in [4.78, 5) is 37.9. The van der Waals surface area contributed by atoms with Crippen LogP contribution in [0.4, 0.5) is 0 Å². The third-order valence-electron chi connectivity index (χ3n) is 4.43. The minimum atomic E-state index is -4.49. The summed E-state index contributed by atoms with van der Waals surface area (Å²) in [6, 6.07) is -0.864. The maximum atomic E-state index is 12.7. The lowest BCUT2D eigenvalue weighted by Crippen LogP contribution is -2.71. The van der Waals surface area contributed by atoms with E-state index in [1.165, 1.54) is 23.5 Å². The fourth-order valence-corrected chi connectivity index (χ4v) is 7.53. The van der Waals surface area contributed by atoms with Crippen molar-refractivity contribution in [1.82, 2.24) is 30.8 Å². The van der Waals surface area contributed by atoms with Gasteiger partial charge in [-0.2, -0.15) is 20.2 Å². The zero-order valence-electron chi connectivity index (χ0n) is 16.6. The SMILES string of the molecule is CCCSCC(=O)NC1C(=O)N2C(C(=O)O)=C(C(CS(=O)(=O)O)Sc3nnn[nH]3)CS[C@@H]12. The van der Waals surface area contributed by atoms with E-state index >= 15 is 0 Å². The van der Waals surface area contributed by atoms with Crippen LogP contribution in [0.3, 0.4) is 0 Å². The third-order valence-corrected chi connectivity index (χ3v) is 8.99. The van der Waals surface area contributed by atoms with Crippen LogP contribution in [0.2, 0.25) is 0 Å². The number of nitrogens with zero attached hydrogens (tertiary/aromatic N) is 4. The second kappa shape index (κ2) is 10.4. The van der Waals surface area contributed by atoms with Gasteiger partial charge >= 0.3 is 5.97 Å². The molecule has 0 aliphatic carbocycles. The summed E-state index contributed by atoms with van der Waals surface area (Å²) in [6.07, 6.45) is 0.912. The number of nitrogens with one attached hydrogen (secondary N) is 2. The van der Waals surface area contributed by atoms with Crippen LogP contribution in [0.1, 0.15) is 13.3 Å². The fourth-order valence-electron chi connectivity index (χ4n) is 3.15. The second-order valence-corrected chi connectivity index (χ2v) is 11.6. The first-order valence-corrected chi connectivity index (χ1v) is 13.9. The van der Waals surface area contributed by atoms with Crippen molar-refractivity contribution < 1.29 is 32.5 Å². The van der Waals surface area contributed by atoms with Gasteiger partial charge in [-0.3, -0.25) is 19.0 Å². The maximum Gasteiger partial charge on any atom is 0.352 e. The molecule has 3 heterocycles. The van der Waals surface area contributed by atoms with Gasteiger partial charge in [0, 0.05) is 5.75 Å². The molecule has 1 aromatic rings. The molecule has 0 aromatic carbocycles. The summed E-state index contributed by atoms with van der Waals surface area (Å²) in [7, 11) is -4.49. The summed E-state index contributed by atoms with van der Waals surface area (Å²) < 4.78 is 32.5. The standard InChI is InChI=1S/C15H20N6O7S4/c1-2-3-29-5-9(22)16-10-12(23)21-11(14(24)25)7(4-30-13(10)21)8(6-32(26,27)28)31-15-17-19-20-18-15/h8,10,13H,2-6H2,1H3,(H,16,22)(H,24,25)(H,26,27,28)(H,17,18,19,20)/t8?,10?,13-/m0/s1. The largest absolute Gasteiger partial charge is 0.477 e. The molecular formula is C15H20N6O7S4. The quantitative estimate of drug-likeness (QED) is 0.124. The minimum Gasteiger partial charge on any atom is -0.477 e. The molecule has 17 heteroatoms. The topological polar surface area (TPSA) is 196 Å². The molecule has 2 unspecified atom stereocenters. The average Bonchev–Trinajstić information content (AvgIpc) is 3.22. The van der Waals surface area contributed by atoms with E-state index < -0.39 is 44.4 Å². The number of tetrazole rings is 1. The first-order chi connectivity index (χ1) is 15.1. The highest BCUT2D eigenvalue weighted by molar-refractivity contribution is 8.01. The molecule has 176 valence electrons. The van der Waals surface area contributed by atoms with E-state index in [0.717, 1.165) is 28.8 Å². The summed E-state index contributed by atoms with van der Waals surface area (Å²) in [5, 5.41) is 23.7. The first-order valence-electron chi connectivity index (χ1n) is 9.26. The Kier molecular flexibility index (Phi) is 8.07. The van der Waals surface area contributed by atoms with Crippen LogP contribution in [0.15, 0.2) is 16.4 Å². The number of hydrogen-bond donors (Lipinski definition) is 4. The number of carbonyl (C=O) groups excluding carboxylic acids is 2. The minimum absolute atomic E-state index is 0.0712. The molecule has 0 radical (unpaired) electrons. The Morgan fingerprint density at radius 3 is 2.78 bits per heavy atom.